The Morgan fingerprint density at radius 1 is 0.739 bits per heavy atom. The van der Waals surface area contributed by atoms with Crippen molar-refractivity contribution >= 4 is 0 Å². The first-order valence-electron chi connectivity index (χ1n) is 7.70. The molecule has 0 fully saturated rings. The van der Waals surface area contributed by atoms with E-state index in [2.05, 4.69) is 11.8 Å². The molecule has 4 rings (SSSR count). The third kappa shape index (κ3) is 2.16. The molecule has 0 saturated carbocycles. The molecule has 0 spiro atoms. The molecule has 1 N–H and O–H groups in total. The van der Waals surface area contributed by atoms with Crippen molar-refractivity contribution in [3.63, 3.8) is 0 Å². The average molecular weight is 296 g/mol. The Hall–Kier alpha value is -2.82. The van der Waals surface area contributed by atoms with E-state index in [1.54, 1.807) is 0 Å². The summed E-state index contributed by atoms with van der Waals surface area (Å²) in [6.07, 6.45) is 0. The van der Waals surface area contributed by atoms with Crippen LogP contribution in [0.1, 0.15) is 22.3 Å². The molecule has 0 aromatic heterocycles. The molecule has 3 aromatic rings. The minimum atomic E-state index is -1.25. The second kappa shape index (κ2) is 5.12. The predicted octanol–water partition coefficient (Wildman–Crippen LogP) is 4.26. The Balaban J connectivity index is 1.89. The molecule has 0 unspecified atom stereocenters. The van der Waals surface area contributed by atoms with Gasteiger partial charge in [-0.3, -0.25) is 0 Å². The van der Waals surface area contributed by atoms with Crippen molar-refractivity contribution in [2.24, 2.45) is 0 Å². The number of aliphatic hydroxyl groups is 1. The largest absolute Gasteiger partial charge is 0.369 e. The lowest BCUT2D eigenvalue weighted by Gasteiger charge is -2.18. The van der Waals surface area contributed by atoms with Crippen LogP contribution >= 0.6 is 0 Å². The molecule has 0 bridgehead atoms. The smallest absolute Gasteiger partial charge is 0.178 e. The van der Waals surface area contributed by atoms with E-state index in [9.17, 15) is 5.11 Å². The molecule has 3 aromatic carbocycles. The fraction of sp³-hybridized carbons (Fsp3) is 0.0909. The van der Waals surface area contributed by atoms with Crippen molar-refractivity contribution in [2.75, 3.05) is 0 Å². The van der Waals surface area contributed by atoms with Crippen LogP contribution in [0.4, 0.5) is 0 Å². The first-order valence-corrected chi connectivity index (χ1v) is 7.70. The number of hydrogen-bond acceptors (Lipinski definition) is 1. The second-order valence-electron chi connectivity index (χ2n) is 5.92. The maximum absolute atomic E-state index is 11.3. The van der Waals surface area contributed by atoms with Gasteiger partial charge in [0.05, 0.1) is 0 Å². The summed E-state index contributed by atoms with van der Waals surface area (Å²) in [6.45, 7) is 2.05. The summed E-state index contributed by atoms with van der Waals surface area (Å²) >= 11 is 0. The number of benzene rings is 3. The minimum Gasteiger partial charge on any atom is -0.369 e. The van der Waals surface area contributed by atoms with E-state index < -0.39 is 5.60 Å². The van der Waals surface area contributed by atoms with E-state index in [4.69, 9.17) is 0 Å². The van der Waals surface area contributed by atoms with E-state index >= 15 is 0 Å². The van der Waals surface area contributed by atoms with Gasteiger partial charge >= 0.3 is 0 Å². The Labute approximate surface area is 136 Å². The fourth-order valence-electron chi connectivity index (χ4n) is 3.15. The summed E-state index contributed by atoms with van der Waals surface area (Å²) in [6, 6.07) is 23.9. The Kier molecular flexibility index (Phi) is 3.08. The van der Waals surface area contributed by atoms with Gasteiger partial charge in [-0.05, 0) is 30.2 Å². The molecule has 0 atom stereocenters. The zero-order valence-corrected chi connectivity index (χ0v) is 12.9. The number of fused-ring (bicyclic) bond motifs is 3. The molecule has 1 heteroatoms. The first-order chi connectivity index (χ1) is 11.2. The van der Waals surface area contributed by atoms with Gasteiger partial charge < -0.3 is 5.11 Å². The highest BCUT2D eigenvalue weighted by atomic mass is 16.3. The minimum absolute atomic E-state index is 0.862. The van der Waals surface area contributed by atoms with Crippen LogP contribution in [0.25, 0.3) is 11.1 Å². The quantitative estimate of drug-likeness (QED) is 0.614. The predicted molar refractivity (Wildman–Crippen MR) is 92.9 cm³/mol. The van der Waals surface area contributed by atoms with Gasteiger partial charge in [0.15, 0.2) is 5.60 Å². The summed E-state index contributed by atoms with van der Waals surface area (Å²) in [7, 11) is 0. The molecule has 0 radical (unpaired) electrons. The fourth-order valence-corrected chi connectivity index (χ4v) is 3.15. The molecule has 23 heavy (non-hydrogen) atoms. The Morgan fingerprint density at radius 2 is 1.26 bits per heavy atom. The van der Waals surface area contributed by atoms with Crippen molar-refractivity contribution in [1.29, 1.82) is 0 Å². The zero-order valence-electron chi connectivity index (χ0n) is 12.9. The monoisotopic (exact) mass is 296 g/mol. The van der Waals surface area contributed by atoms with E-state index in [0.29, 0.717) is 0 Å². The van der Waals surface area contributed by atoms with Gasteiger partial charge in [0.1, 0.15) is 0 Å². The standard InChI is InChI=1S/C22H16O/c1-16-10-12-17(13-11-16)14-15-22(23)20-8-4-2-6-18(20)19-7-3-5-9-21(19)22/h2-13,23H,1H3. The third-order valence-electron chi connectivity index (χ3n) is 4.36. The van der Waals surface area contributed by atoms with Crippen LogP contribution in [0.2, 0.25) is 0 Å². The summed E-state index contributed by atoms with van der Waals surface area (Å²) in [5.41, 5.74) is 4.70. The van der Waals surface area contributed by atoms with Gasteiger partial charge in [0.2, 0.25) is 0 Å². The van der Waals surface area contributed by atoms with Gasteiger partial charge in [0, 0.05) is 16.7 Å². The van der Waals surface area contributed by atoms with E-state index in [1.165, 1.54) is 5.56 Å². The third-order valence-corrected chi connectivity index (χ3v) is 4.36. The number of aryl methyl sites for hydroxylation is 1. The first kappa shape index (κ1) is 13.8. The van der Waals surface area contributed by atoms with Gasteiger partial charge in [-0.2, -0.15) is 0 Å². The zero-order chi connectivity index (χ0) is 15.9. The van der Waals surface area contributed by atoms with Gasteiger partial charge in [-0.15, -0.1) is 0 Å². The number of rotatable bonds is 0. The summed E-state index contributed by atoms with van der Waals surface area (Å²) < 4.78 is 0. The number of hydrogen-bond donors (Lipinski definition) is 1. The van der Waals surface area contributed by atoms with Crippen molar-refractivity contribution < 1.29 is 5.11 Å². The maximum atomic E-state index is 11.3. The van der Waals surface area contributed by atoms with Crippen LogP contribution in [0.15, 0.2) is 72.8 Å². The average Bonchev–Trinajstić information content (AvgIpc) is 2.85. The van der Waals surface area contributed by atoms with E-state index in [1.807, 2.05) is 79.7 Å². The van der Waals surface area contributed by atoms with Crippen LogP contribution in [-0.4, -0.2) is 5.11 Å². The molecule has 1 aliphatic rings. The van der Waals surface area contributed by atoms with Crippen LogP contribution in [0.3, 0.4) is 0 Å². The summed E-state index contributed by atoms with van der Waals surface area (Å²) in [5, 5.41) is 11.3. The van der Waals surface area contributed by atoms with E-state index in [0.717, 1.165) is 27.8 Å². The molecule has 110 valence electrons. The van der Waals surface area contributed by atoms with Crippen LogP contribution in [0, 0.1) is 18.8 Å². The molecule has 1 nitrogen and oxygen atoms in total. The van der Waals surface area contributed by atoms with Crippen LogP contribution in [0.5, 0.6) is 0 Å². The van der Waals surface area contributed by atoms with Crippen molar-refractivity contribution in [3.8, 4) is 23.0 Å². The molecule has 0 aliphatic heterocycles. The molecule has 1 aliphatic carbocycles. The molecular formula is C22H16O. The Morgan fingerprint density at radius 3 is 1.83 bits per heavy atom. The van der Waals surface area contributed by atoms with Crippen LogP contribution in [-0.2, 0) is 5.60 Å². The second-order valence-corrected chi connectivity index (χ2v) is 5.92. The van der Waals surface area contributed by atoms with Gasteiger partial charge in [-0.25, -0.2) is 0 Å². The summed E-state index contributed by atoms with van der Waals surface area (Å²) in [5.74, 6) is 6.25. The lowest BCUT2D eigenvalue weighted by atomic mass is 9.92. The van der Waals surface area contributed by atoms with Crippen molar-refractivity contribution in [1.82, 2.24) is 0 Å². The highest BCUT2D eigenvalue weighted by molar-refractivity contribution is 5.82. The highest BCUT2D eigenvalue weighted by Crippen LogP contribution is 2.46. The maximum Gasteiger partial charge on any atom is 0.178 e. The van der Waals surface area contributed by atoms with Crippen molar-refractivity contribution in [3.05, 3.63) is 95.1 Å². The highest BCUT2D eigenvalue weighted by Gasteiger charge is 2.39. The molecule has 0 amide bonds. The SMILES string of the molecule is Cc1ccc(C#CC2(O)c3ccccc3-c3ccccc32)cc1. The molecule has 0 saturated heterocycles. The molecular weight excluding hydrogens is 280 g/mol. The van der Waals surface area contributed by atoms with E-state index in [-0.39, 0.29) is 0 Å². The molecule has 0 heterocycles. The lowest BCUT2D eigenvalue weighted by Crippen LogP contribution is -2.22. The summed E-state index contributed by atoms with van der Waals surface area (Å²) in [4.78, 5) is 0. The normalized spacial score (nSPS) is 13.7. The topological polar surface area (TPSA) is 20.2 Å². The lowest BCUT2D eigenvalue weighted by molar-refractivity contribution is 0.150. The van der Waals surface area contributed by atoms with Crippen molar-refractivity contribution in [2.45, 2.75) is 12.5 Å². The van der Waals surface area contributed by atoms with Gasteiger partial charge in [-0.1, -0.05) is 78.1 Å². The van der Waals surface area contributed by atoms with Crippen LogP contribution < -0.4 is 0 Å². The van der Waals surface area contributed by atoms with Gasteiger partial charge in [0.25, 0.3) is 0 Å². The Bertz CT molecular complexity index is 894.